The fourth-order valence-corrected chi connectivity index (χ4v) is 5.43. The molecule has 6 rings (SSSR count). The highest BCUT2D eigenvalue weighted by Gasteiger charge is 2.41. The zero-order valence-corrected chi connectivity index (χ0v) is 23.0. The number of amides is 1. The lowest BCUT2D eigenvalue weighted by atomic mass is 9.71. The van der Waals surface area contributed by atoms with Crippen molar-refractivity contribution < 1.29 is 9.53 Å². The van der Waals surface area contributed by atoms with Gasteiger partial charge in [0.1, 0.15) is 11.3 Å². The molecule has 7 nitrogen and oxygen atoms in total. The third-order valence-corrected chi connectivity index (χ3v) is 7.36. The van der Waals surface area contributed by atoms with Gasteiger partial charge in [0.15, 0.2) is 10.8 Å². The number of hydrogen-bond acceptors (Lipinski definition) is 5. The van der Waals surface area contributed by atoms with Crippen LogP contribution in [-0.4, -0.2) is 38.5 Å². The van der Waals surface area contributed by atoms with Crippen LogP contribution in [0.3, 0.4) is 0 Å². The Labute approximate surface area is 232 Å². The van der Waals surface area contributed by atoms with Crippen molar-refractivity contribution in [2.75, 3.05) is 6.54 Å². The summed E-state index contributed by atoms with van der Waals surface area (Å²) in [6, 6.07) is 20.2. The van der Waals surface area contributed by atoms with Gasteiger partial charge in [0, 0.05) is 16.7 Å². The highest BCUT2D eigenvalue weighted by Crippen LogP contribution is 2.42. The molecule has 0 saturated heterocycles. The molecule has 39 heavy (non-hydrogen) atoms. The molecule has 2 aromatic heterocycles. The van der Waals surface area contributed by atoms with Crippen molar-refractivity contribution in [1.29, 1.82) is 0 Å². The number of imidazole rings is 1. The molecule has 1 amide bonds. The van der Waals surface area contributed by atoms with E-state index in [2.05, 4.69) is 39.7 Å². The fraction of sp³-hybridized carbons (Fsp3) is 0.290. The van der Waals surface area contributed by atoms with E-state index in [-0.39, 0.29) is 0 Å². The number of nitrogens with one attached hydrogen (secondary N) is 1. The summed E-state index contributed by atoms with van der Waals surface area (Å²) in [6.45, 7) is 6.26. The van der Waals surface area contributed by atoms with E-state index >= 15 is 0 Å². The number of benzene rings is 2. The van der Waals surface area contributed by atoms with Crippen molar-refractivity contribution in [3.63, 3.8) is 0 Å². The first-order chi connectivity index (χ1) is 18.7. The maximum atomic E-state index is 12.6. The smallest absolute Gasteiger partial charge is 0.408 e. The maximum absolute atomic E-state index is 12.6. The number of hydrogen-bond donors (Lipinski definition) is 1. The SMILES string of the molecule is CC(C)(C)OC(=O)NC1(c2ccc(-c3nc4c(C5=NCC=C5)cc(Cl)nn4c3-c3ccccc3)cc2)CCC1. The van der Waals surface area contributed by atoms with E-state index in [9.17, 15) is 4.79 Å². The predicted molar refractivity (Wildman–Crippen MR) is 154 cm³/mol. The predicted octanol–water partition coefficient (Wildman–Crippen LogP) is 6.98. The Balaban J connectivity index is 1.44. The number of aliphatic imine (C=N–C) groups is 1. The highest BCUT2D eigenvalue weighted by molar-refractivity contribution is 6.30. The van der Waals surface area contributed by atoms with Crippen LogP contribution in [-0.2, 0) is 10.3 Å². The van der Waals surface area contributed by atoms with Crippen LogP contribution in [0, 0.1) is 0 Å². The van der Waals surface area contributed by atoms with Crippen LogP contribution < -0.4 is 5.32 Å². The summed E-state index contributed by atoms with van der Waals surface area (Å²) in [5.74, 6) is 0. The minimum atomic E-state index is -0.550. The third-order valence-electron chi connectivity index (χ3n) is 7.18. The van der Waals surface area contributed by atoms with Crippen LogP contribution in [0.2, 0.25) is 5.15 Å². The monoisotopic (exact) mass is 539 g/mol. The molecule has 8 heteroatoms. The Hall–Kier alpha value is -3.97. The molecule has 2 aliphatic rings. The summed E-state index contributed by atoms with van der Waals surface area (Å²) in [5, 5.41) is 8.16. The molecular formula is C31H30ClN5O2. The molecular weight excluding hydrogens is 510 g/mol. The van der Waals surface area contributed by atoms with Gasteiger partial charge in [0.2, 0.25) is 0 Å². The van der Waals surface area contributed by atoms with Gasteiger partial charge in [-0.3, -0.25) is 4.99 Å². The molecule has 1 fully saturated rings. The van der Waals surface area contributed by atoms with Crippen LogP contribution in [0.15, 0.2) is 77.8 Å². The molecule has 0 bridgehead atoms. The van der Waals surface area contributed by atoms with Crippen LogP contribution in [0.25, 0.3) is 28.2 Å². The summed E-state index contributed by atoms with van der Waals surface area (Å²) < 4.78 is 7.37. The Bertz CT molecular complexity index is 1610. The first-order valence-corrected chi connectivity index (χ1v) is 13.6. The topological polar surface area (TPSA) is 80.9 Å². The number of ether oxygens (including phenoxy) is 1. The number of halogens is 1. The lowest BCUT2D eigenvalue weighted by Gasteiger charge is -2.43. The first kappa shape index (κ1) is 25.3. The third kappa shape index (κ3) is 4.83. The van der Waals surface area contributed by atoms with E-state index in [1.165, 1.54) is 0 Å². The second-order valence-corrected chi connectivity index (χ2v) is 11.4. The second kappa shape index (κ2) is 9.65. The maximum Gasteiger partial charge on any atom is 0.408 e. The molecule has 2 aromatic carbocycles. The van der Waals surface area contributed by atoms with Gasteiger partial charge in [-0.05, 0) is 57.7 Å². The van der Waals surface area contributed by atoms with E-state index in [1.807, 2.05) is 73.8 Å². The van der Waals surface area contributed by atoms with Crippen molar-refractivity contribution in [3.05, 3.63) is 89.1 Å². The summed E-state index contributed by atoms with van der Waals surface area (Å²) in [6.07, 6.45) is 6.41. The minimum Gasteiger partial charge on any atom is -0.444 e. The van der Waals surface area contributed by atoms with Crippen molar-refractivity contribution >= 4 is 29.1 Å². The fourth-order valence-electron chi connectivity index (χ4n) is 5.24. The average Bonchev–Trinajstić information content (AvgIpc) is 3.54. The van der Waals surface area contributed by atoms with E-state index in [0.717, 1.165) is 58.6 Å². The van der Waals surface area contributed by atoms with Gasteiger partial charge >= 0.3 is 6.09 Å². The van der Waals surface area contributed by atoms with E-state index in [4.69, 9.17) is 21.3 Å². The van der Waals surface area contributed by atoms with Gasteiger partial charge in [-0.25, -0.2) is 14.3 Å². The Morgan fingerprint density at radius 3 is 2.41 bits per heavy atom. The molecule has 1 N–H and O–H groups in total. The molecule has 1 aliphatic carbocycles. The number of alkyl carbamates (subject to hydrolysis) is 1. The lowest BCUT2D eigenvalue weighted by molar-refractivity contribution is 0.0377. The highest BCUT2D eigenvalue weighted by atomic mass is 35.5. The van der Waals surface area contributed by atoms with Crippen molar-refractivity contribution in [3.8, 4) is 22.5 Å². The number of allylic oxidation sites excluding steroid dienone is 1. The number of carbonyl (C=O) groups excluding carboxylic acids is 1. The Morgan fingerprint density at radius 2 is 1.79 bits per heavy atom. The number of fused-ring (bicyclic) bond motifs is 1. The Kier molecular flexibility index (Phi) is 6.26. The minimum absolute atomic E-state index is 0.372. The molecule has 198 valence electrons. The van der Waals surface area contributed by atoms with Gasteiger partial charge in [-0.1, -0.05) is 72.3 Å². The molecule has 4 aromatic rings. The van der Waals surface area contributed by atoms with Crippen LogP contribution in [0.1, 0.15) is 51.2 Å². The number of nitrogens with zero attached hydrogens (tertiary/aromatic N) is 4. The van der Waals surface area contributed by atoms with Crippen molar-refractivity contribution in [2.45, 2.75) is 51.2 Å². The van der Waals surface area contributed by atoms with Gasteiger partial charge in [0.05, 0.1) is 23.5 Å². The quantitative estimate of drug-likeness (QED) is 0.296. The summed E-state index contributed by atoms with van der Waals surface area (Å²) in [5.41, 5.74) is 6.06. The van der Waals surface area contributed by atoms with Gasteiger partial charge in [0.25, 0.3) is 0 Å². The van der Waals surface area contributed by atoms with Gasteiger partial charge < -0.3 is 10.1 Å². The Morgan fingerprint density at radius 1 is 1.05 bits per heavy atom. The van der Waals surface area contributed by atoms with Gasteiger partial charge in [-0.15, -0.1) is 0 Å². The second-order valence-electron chi connectivity index (χ2n) is 11.1. The van der Waals surface area contributed by atoms with E-state index in [1.54, 1.807) is 0 Å². The molecule has 0 spiro atoms. The van der Waals surface area contributed by atoms with Crippen molar-refractivity contribution in [1.82, 2.24) is 19.9 Å². The van der Waals surface area contributed by atoms with Crippen molar-refractivity contribution in [2.24, 2.45) is 4.99 Å². The molecule has 1 aliphatic heterocycles. The standard InChI is InChI=1S/C31H30ClN5O2/c1-30(2,3)39-29(38)35-31(16-8-17-31)22-14-12-20(13-15-22)26-27(21-9-5-4-6-10-21)37-28(34-26)23(19-25(32)36-37)24-11-7-18-33-24/h4-7,9-15,19H,8,16-18H2,1-3H3,(H,35,38). The van der Waals surface area contributed by atoms with Crippen LogP contribution in [0.5, 0.6) is 0 Å². The zero-order valence-electron chi connectivity index (χ0n) is 22.2. The summed E-state index contributed by atoms with van der Waals surface area (Å²) in [7, 11) is 0. The molecule has 3 heterocycles. The molecule has 1 saturated carbocycles. The largest absolute Gasteiger partial charge is 0.444 e. The average molecular weight is 540 g/mol. The normalized spacial score (nSPS) is 16.2. The number of rotatable bonds is 5. The van der Waals surface area contributed by atoms with E-state index < -0.39 is 17.2 Å². The summed E-state index contributed by atoms with van der Waals surface area (Å²) in [4.78, 5) is 22.3. The number of aromatic nitrogens is 3. The summed E-state index contributed by atoms with van der Waals surface area (Å²) >= 11 is 6.51. The molecule has 0 unspecified atom stereocenters. The van der Waals surface area contributed by atoms with Crippen LogP contribution in [0.4, 0.5) is 4.79 Å². The first-order valence-electron chi connectivity index (χ1n) is 13.2. The van der Waals surface area contributed by atoms with Crippen LogP contribution >= 0.6 is 11.6 Å². The van der Waals surface area contributed by atoms with E-state index in [0.29, 0.717) is 17.3 Å². The number of carbonyl (C=O) groups is 1. The van der Waals surface area contributed by atoms with Gasteiger partial charge in [-0.2, -0.15) is 5.10 Å². The molecule has 0 atom stereocenters. The zero-order chi connectivity index (χ0) is 27.2. The molecule has 0 radical (unpaired) electrons. The lowest BCUT2D eigenvalue weighted by Crippen LogP contribution is -2.52.